The molecule has 0 saturated carbocycles. The average Bonchev–Trinajstić information content (AvgIpc) is 2.75. The molecule has 1 N–H and O–H groups in total. The maximum Gasteiger partial charge on any atom is 0.0748 e. The number of allylic oxidation sites excluding steroid dienone is 1. The van der Waals surface area contributed by atoms with Crippen molar-refractivity contribution in [2.45, 2.75) is 13.3 Å². The van der Waals surface area contributed by atoms with Crippen LogP contribution in [0.1, 0.15) is 11.1 Å². The number of aryl methyl sites for hydroxylation is 1. The molecule has 4 rings (SSSR count). The molecule has 0 atom stereocenters. The Balaban J connectivity index is 1.41. The van der Waals surface area contributed by atoms with Gasteiger partial charge in [0.05, 0.1) is 35.7 Å². The second-order valence-corrected chi connectivity index (χ2v) is 6.84. The third-order valence-electron chi connectivity index (χ3n) is 4.56. The van der Waals surface area contributed by atoms with E-state index < -0.39 is 0 Å². The Bertz CT molecular complexity index is 1110. The zero-order valence-corrected chi connectivity index (χ0v) is 16.2. The van der Waals surface area contributed by atoms with Gasteiger partial charge < -0.3 is 5.32 Å². The van der Waals surface area contributed by atoms with Crippen molar-refractivity contribution < 1.29 is 0 Å². The Kier molecular flexibility index (Phi) is 5.38. The molecule has 0 aliphatic carbocycles. The molecule has 0 aliphatic heterocycles. The van der Waals surface area contributed by atoms with Crippen molar-refractivity contribution in [2.24, 2.45) is 0 Å². The fourth-order valence-electron chi connectivity index (χ4n) is 3.20. The van der Waals surface area contributed by atoms with Gasteiger partial charge in [-0.25, -0.2) is 0 Å². The molecular weight excluding hydrogens is 358 g/mol. The van der Waals surface area contributed by atoms with Crippen molar-refractivity contribution in [3.05, 3.63) is 103 Å². The Labute approximate surface area is 170 Å². The van der Waals surface area contributed by atoms with Crippen molar-refractivity contribution in [2.75, 3.05) is 5.32 Å². The highest BCUT2D eigenvalue weighted by atomic mass is 15.1. The lowest BCUT2D eigenvalue weighted by atomic mass is 10.1. The maximum absolute atomic E-state index is 4.60. The van der Waals surface area contributed by atoms with E-state index in [9.17, 15) is 0 Å². The molecule has 3 heterocycles. The van der Waals surface area contributed by atoms with Crippen LogP contribution >= 0.6 is 0 Å². The lowest BCUT2D eigenvalue weighted by Crippen LogP contribution is -2.03. The van der Waals surface area contributed by atoms with Crippen LogP contribution in [0.5, 0.6) is 0 Å². The molecule has 142 valence electrons. The molecule has 0 unspecified atom stereocenters. The highest BCUT2D eigenvalue weighted by Crippen LogP contribution is 2.22. The molecule has 3 aromatic heterocycles. The van der Waals surface area contributed by atoms with Crippen LogP contribution in [0.25, 0.3) is 22.5 Å². The zero-order valence-electron chi connectivity index (χ0n) is 16.2. The first-order valence-corrected chi connectivity index (χ1v) is 9.38. The van der Waals surface area contributed by atoms with Gasteiger partial charge in [0.2, 0.25) is 0 Å². The van der Waals surface area contributed by atoms with Crippen LogP contribution in [-0.4, -0.2) is 20.2 Å². The zero-order chi connectivity index (χ0) is 20.1. The van der Waals surface area contributed by atoms with Gasteiger partial charge in [-0.15, -0.1) is 0 Å². The summed E-state index contributed by atoms with van der Waals surface area (Å²) in [5.41, 5.74) is 7.93. The molecule has 4 aromatic rings. The van der Waals surface area contributed by atoms with Gasteiger partial charge in [-0.2, -0.15) is 10.2 Å². The topological polar surface area (TPSA) is 63.6 Å². The third-order valence-corrected chi connectivity index (χ3v) is 4.56. The molecule has 0 saturated heterocycles. The van der Waals surface area contributed by atoms with Crippen LogP contribution in [0.15, 0.2) is 91.7 Å². The number of aromatic nitrogens is 4. The summed E-state index contributed by atoms with van der Waals surface area (Å²) in [6, 6.07) is 18.2. The Morgan fingerprint density at radius 2 is 1.76 bits per heavy atom. The highest BCUT2D eigenvalue weighted by Gasteiger charge is 2.07. The van der Waals surface area contributed by atoms with E-state index in [1.54, 1.807) is 12.4 Å². The quantitative estimate of drug-likeness (QED) is 0.506. The lowest BCUT2D eigenvalue weighted by Gasteiger charge is -2.12. The van der Waals surface area contributed by atoms with E-state index in [2.05, 4.69) is 57.2 Å². The maximum atomic E-state index is 4.60. The predicted octanol–water partition coefficient (Wildman–Crippen LogP) is 5.08. The van der Waals surface area contributed by atoms with E-state index in [1.165, 1.54) is 0 Å². The van der Waals surface area contributed by atoms with Crippen LogP contribution in [0, 0.1) is 6.92 Å². The van der Waals surface area contributed by atoms with Crippen molar-refractivity contribution in [3.63, 3.8) is 0 Å². The normalized spacial score (nSPS) is 10.5. The van der Waals surface area contributed by atoms with Gasteiger partial charge in [0.15, 0.2) is 0 Å². The van der Waals surface area contributed by atoms with Gasteiger partial charge >= 0.3 is 0 Å². The predicted molar refractivity (Wildman–Crippen MR) is 116 cm³/mol. The van der Waals surface area contributed by atoms with Crippen LogP contribution in [0.3, 0.4) is 0 Å². The summed E-state index contributed by atoms with van der Waals surface area (Å²) in [6.07, 6.45) is 7.79. The summed E-state index contributed by atoms with van der Waals surface area (Å²) in [5, 5.41) is 11.1. The van der Waals surface area contributed by atoms with E-state index in [4.69, 9.17) is 0 Å². The van der Waals surface area contributed by atoms with E-state index in [-0.39, 0.29) is 0 Å². The van der Waals surface area contributed by atoms with E-state index >= 15 is 0 Å². The second-order valence-electron chi connectivity index (χ2n) is 6.84. The van der Waals surface area contributed by atoms with Gasteiger partial charge in [-0.05, 0) is 36.2 Å². The van der Waals surface area contributed by atoms with Crippen LogP contribution in [0.2, 0.25) is 0 Å². The first kappa shape index (κ1) is 18.5. The Hall–Kier alpha value is -3.86. The number of hydrogen-bond donors (Lipinski definition) is 1. The van der Waals surface area contributed by atoms with E-state index in [1.807, 2.05) is 48.8 Å². The van der Waals surface area contributed by atoms with Gasteiger partial charge in [-0.1, -0.05) is 43.0 Å². The van der Waals surface area contributed by atoms with E-state index in [0.717, 1.165) is 45.0 Å². The van der Waals surface area contributed by atoms with Gasteiger partial charge in [-0.3, -0.25) is 9.97 Å². The van der Waals surface area contributed by atoms with Crippen LogP contribution in [0.4, 0.5) is 5.69 Å². The van der Waals surface area contributed by atoms with Gasteiger partial charge in [0, 0.05) is 29.4 Å². The third kappa shape index (κ3) is 4.52. The number of nitrogens with zero attached hydrogens (tertiary/aromatic N) is 4. The number of rotatable bonds is 6. The molecule has 0 radical (unpaired) electrons. The molecule has 5 nitrogen and oxygen atoms in total. The molecule has 0 amide bonds. The fraction of sp³-hybridized carbons (Fsp3) is 0.0833. The summed E-state index contributed by atoms with van der Waals surface area (Å²) in [7, 11) is 0. The smallest absolute Gasteiger partial charge is 0.0748 e. The minimum atomic E-state index is 0.684. The summed E-state index contributed by atoms with van der Waals surface area (Å²) >= 11 is 0. The first-order chi connectivity index (χ1) is 14.2. The fourth-order valence-corrected chi connectivity index (χ4v) is 3.20. The van der Waals surface area contributed by atoms with Crippen molar-refractivity contribution in [1.82, 2.24) is 20.2 Å². The van der Waals surface area contributed by atoms with E-state index in [0.29, 0.717) is 6.42 Å². The number of pyridine rings is 2. The first-order valence-electron chi connectivity index (χ1n) is 9.38. The monoisotopic (exact) mass is 379 g/mol. The average molecular weight is 379 g/mol. The molecule has 29 heavy (non-hydrogen) atoms. The van der Waals surface area contributed by atoms with Crippen LogP contribution < -0.4 is 5.32 Å². The minimum Gasteiger partial charge on any atom is -0.358 e. The second kappa shape index (κ2) is 8.44. The standard InChI is InChI=1S/C24H21N5/c1-17-12-19(14-26-24(17)21-10-11-27-28-15-21)13-18(2)29-22-8-9-23(25-16-22)20-6-4-3-5-7-20/h3-12,14-16,29H,2,13H2,1H3. The number of benzene rings is 1. The lowest BCUT2D eigenvalue weighted by molar-refractivity contribution is 1.03. The van der Waals surface area contributed by atoms with Crippen LogP contribution in [-0.2, 0) is 6.42 Å². The number of nitrogens with one attached hydrogen (secondary N) is 1. The molecule has 0 aliphatic rings. The summed E-state index contributed by atoms with van der Waals surface area (Å²) < 4.78 is 0. The summed E-state index contributed by atoms with van der Waals surface area (Å²) in [6.45, 7) is 6.20. The summed E-state index contributed by atoms with van der Waals surface area (Å²) in [5.74, 6) is 0. The number of anilines is 1. The highest BCUT2D eigenvalue weighted by molar-refractivity contribution is 5.62. The van der Waals surface area contributed by atoms with Crippen molar-refractivity contribution in [3.8, 4) is 22.5 Å². The summed E-state index contributed by atoms with van der Waals surface area (Å²) in [4.78, 5) is 9.15. The Morgan fingerprint density at radius 1 is 0.897 bits per heavy atom. The Morgan fingerprint density at radius 3 is 2.45 bits per heavy atom. The van der Waals surface area contributed by atoms with Crippen molar-refractivity contribution >= 4 is 5.69 Å². The molecule has 1 aromatic carbocycles. The SMILES string of the molecule is C=C(Cc1cnc(-c2ccnnc2)c(C)c1)Nc1ccc(-c2ccccc2)nc1. The number of hydrogen-bond acceptors (Lipinski definition) is 5. The largest absolute Gasteiger partial charge is 0.358 e. The molecule has 0 fully saturated rings. The van der Waals surface area contributed by atoms with Gasteiger partial charge in [0.25, 0.3) is 0 Å². The molecule has 0 spiro atoms. The van der Waals surface area contributed by atoms with Crippen molar-refractivity contribution in [1.29, 1.82) is 0 Å². The van der Waals surface area contributed by atoms with Gasteiger partial charge in [0.1, 0.15) is 0 Å². The molecular formula is C24H21N5. The molecule has 0 bridgehead atoms. The molecule has 5 heteroatoms. The minimum absolute atomic E-state index is 0.684.